The van der Waals surface area contributed by atoms with Crippen molar-refractivity contribution in [2.45, 2.75) is 36.5 Å². The van der Waals surface area contributed by atoms with E-state index in [0.717, 1.165) is 42.0 Å². The van der Waals surface area contributed by atoms with Crippen LogP contribution in [0.25, 0.3) is 0 Å². The number of aromatic nitrogens is 1. The maximum absolute atomic E-state index is 15.4. The Balaban J connectivity index is 1.54. The van der Waals surface area contributed by atoms with E-state index < -0.39 is 37.9 Å². The lowest BCUT2D eigenvalue weighted by atomic mass is 9.77. The van der Waals surface area contributed by atoms with E-state index in [1.807, 2.05) is 0 Å². The van der Waals surface area contributed by atoms with Crippen molar-refractivity contribution in [1.29, 1.82) is 5.41 Å². The summed E-state index contributed by atoms with van der Waals surface area (Å²) in [5.41, 5.74) is -1.27. The van der Waals surface area contributed by atoms with E-state index in [9.17, 15) is 17.6 Å². The zero-order chi connectivity index (χ0) is 25.9. The number of amides is 1. The minimum atomic E-state index is -4.05. The summed E-state index contributed by atoms with van der Waals surface area (Å²) in [5, 5.41) is 13.9. The lowest BCUT2D eigenvalue weighted by Crippen LogP contribution is -2.74. The van der Waals surface area contributed by atoms with E-state index in [2.05, 4.69) is 20.5 Å². The van der Waals surface area contributed by atoms with E-state index in [4.69, 9.17) is 5.41 Å². The molecule has 5 rings (SSSR count). The number of nitrogens with one attached hydrogen (secondary N) is 3. The molecule has 9 nitrogen and oxygen atoms in total. The van der Waals surface area contributed by atoms with Gasteiger partial charge in [-0.15, -0.1) is 0 Å². The van der Waals surface area contributed by atoms with Crippen LogP contribution >= 0.6 is 0 Å². The summed E-state index contributed by atoms with van der Waals surface area (Å²) in [4.78, 5) is 18.5. The molecule has 1 saturated carbocycles. The lowest BCUT2D eigenvalue weighted by Gasteiger charge is -2.52. The van der Waals surface area contributed by atoms with Gasteiger partial charge >= 0.3 is 0 Å². The zero-order valence-electron chi connectivity index (χ0n) is 20.0. The van der Waals surface area contributed by atoms with Gasteiger partial charge in [0.2, 0.25) is 16.0 Å². The molecule has 2 aliphatic heterocycles. The third kappa shape index (κ3) is 3.83. The van der Waals surface area contributed by atoms with Crippen LogP contribution in [-0.4, -0.2) is 65.9 Å². The minimum Gasteiger partial charge on any atom is -0.345 e. The molecule has 3 aliphatic rings. The average molecular weight is 519 g/mol. The maximum atomic E-state index is 15.4. The number of nitrogens with zero attached hydrogens (tertiary/aromatic N) is 3. The number of carbonyl (C=O) groups is 1. The van der Waals surface area contributed by atoms with Crippen LogP contribution in [0.1, 0.15) is 42.2 Å². The van der Waals surface area contributed by atoms with Crippen LogP contribution in [0.5, 0.6) is 0 Å². The maximum Gasteiger partial charge on any atom is 0.274 e. The van der Waals surface area contributed by atoms with Crippen molar-refractivity contribution in [2.75, 3.05) is 32.0 Å². The topological polar surface area (TPSA) is 118 Å². The Morgan fingerprint density at radius 3 is 2.69 bits per heavy atom. The van der Waals surface area contributed by atoms with Gasteiger partial charge in [0, 0.05) is 31.4 Å². The van der Waals surface area contributed by atoms with Crippen LogP contribution in [0.3, 0.4) is 0 Å². The highest BCUT2D eigenvalue weighted by Gasteiger charge is 2.66. The molecule has 12 heteroatoms. The quantitative estimate of drug-likeness (QED) is 0.560. The van der Waals surface area contributed by atoms with E-state index in [1.54, 1.807) is 6.92 Å². The standard InChI is InChI=1S/C24H28F2N6O3S/c1-23(18-11-17(6-7-19(18)26)29-21(33)20-8-5-16(25)12-28-20)24(36(34,35)31(2)22(27)30-23)9-10-32(14-24)13-15-3-4-15/h5-8,11-12,15H,3-4,9-10,13-14H2,1-2H3,(H2,27,30)(H,29,33)/t23-,24+/m1/s1. The number of pyridine rings is 1. The molecular formula is C24H28F2N6O3S. The fraction of sp³-hybridized carbons (Fsp3) is 0.458. The highest BCUT2D eigenvalue weighted by atomic mass is 32.2. The van der Waals surface area contributed by atoms with E-state index in [0.29, 0.717) is 12.5 Å². The molecule has 2 atom stereocenters. The molecule has 192 valence electrons. The molecule has 1 spiro atoms. The number of anilines is 1. The minimum absolute atomic E-state index is 0.0294. The Morgan fingerprint density at radius 2 is 2.03 bits per heavy atom. The largest absolute Gasteiger partial charge is 0.345 e. The predicted molar refractivity (Wildman–Crippen MR) is 130 cm³/mol. The Kier molecular flexibility index (Phi) is 5.79. The molecule has 1 aliphatic carbocycles. The first-order chi connectivity index (χ1) is 17.0. The third-order valence-corrected chi connectivity index (χ3v) is 10.3. The van der Waals surface area contributed by atoms with Gasteiger partial charge in [-0.1, -0.05) is 0 Å². The van der Waals surface area contributed by atoms with E-state index in [1.165, 1.54) is 25.2 Å². The number of hydrogen-bond acceptors (Lipinski definition) is 6. The highest BCUT2D eigenvalue weighted by molar-refractivity contribution is 7.91. The highest BCUT2D eigenvalue weighted by Crippen LogP contribution is 2.50. The summed E-state index contributed by atoms with van der Waals surface area (Å²) in [6.45, 7) is 3.14. The summed E-state index contributed by atoms with van der Waals surface area (Å²) in [6, 6.07) is 6.25. The fourth-order valence-corrected chi connectivity index (χ4v) is 7.55. The van der Waals surface area contributed by atoms with Gasteiger partial charge in [-0.25, -0.2) is 26.5 Å². The average Bonchev–Trinajstić information content (AvgIpc) is 3.54. The molecule has 1 aromatic carbocycles. The smallest absolute Gasteiger partial charge is 0.274 e. The number of hydrogen-bond donors (Lipinski definition) is 3. The fourth-order valence-electron chi connectivity index (χ4n) is 5.37. The van der Waals surface area contributed by atoms with Crippen LogP contribution < -0.4 is 10.6 Å². The molecule has 0 radical (unpaired) electrons. The van der Waals surface area contributed by atoms with Gasteiger partial charge in [0.25, 0.3) is 5.91 Å². The molecule has 3 N–H and O–H groups in total. The van der Waals surface area contributed by atoms with Crippen molar-refractivity contribution < 1.29 is 22.0 Å². The van der Waals surface area contributed by atoms with Crippen LogP contribution in [0.4, 0.5) is 14.5 Å². The van der Waals surface area contributed by atoms with Gasteiger partial charge in [-0.3, -0.25) is 10.2 Å². The van der Waals surface area contributed by atoms with Gasteiger partial charge in [-0.2, -0.15) is 0 Å². The third-order valence-electron chi connectivity index (χ3n) is 7.70. The van der Waals surface area contributed by atoms with Crippen molar-refractivity contribution in [3.63, 3.8) is 0 Å². The molecule has 1 amide bonds. The number of sulfonamides is 1. The summed E-state index contributed by atoms with van der Waals surface area (Å²) >= 11 is 0. The van der Waals surface area contributed by atoms with E-state index in [-0.39, 0.29) is 35.9 Å². The second-order valence-electron chi connectivity index (χ2n) is 10.0. The second kappa shape index (κ2) is 8.48. The van der Waals surface area contributed by atoms with E-state index >= 15 is 4.39 Å². The van der Waals surface area contributed by atoms with Gasteiger partial charge in [0.05, 0.1) is 11.7 Å². The molecule has 3 fully saturated rings. The molecule has 0 unspecified atom stereocenters. The van der Waals surface area contributed by atoms with Crippen molar-refractivity contribution in [1.82, 2.24) is 19.5 Å². The Labute approximate surface area is 208 Å². The van der Waals surface area contributed by atoms with Crippen LogP contribution in [0.2, 0.25) is 0 Å². The van der Waals surface area contributed by atoms with Crippen molar-refractivity contribution in [3.8, 4) is 0 Å². The number of halogens is 2. The predicted octanol–water partition coefficient (Wildman–Crippen LogP) is 2.48. The zero-order valence-corrected chi connectivity index (χ0v) is 20.8. The van der Waals surface area contributed by atoms with Gasteiger partial charge in [-0.05, 0) is 69.0 Å². The summed E-state index contributed by atoms with van der Waals surface area (Å²) in [7, 11) is -2.72. The molecule has 2 aromatic rings. The van der Waals surface area contributed by atoms with Gasteiger partial charge < -0.3 is 15.5 Å². The molecule has 0 bridgehead atoms. The molecule has 1 aromatic heterocycles. The molecule has 2 saturated heterocycles. The normalized spacial score (nSPS) is 27.8. The van der Waals surface area contributed by atoms with Crippen molar-refractivity contribution in [3.05, 3.63) is 59.4 Å². The first-order valence-electron chi connectivity index (χ1n) is 11.8. The number of likely N-dealkylation sites (tertiary alicyclic amines) is 1. The summed E-state index contributed by atoms with van der Waals surface area (Å²) in [6.07, 6.45) is 3.42. The number of guanidine groups is 1. The SMILES string of the molecule is CN1C(=N)N[C@](C)(c2cc(NC(=O)c3ccc(F)cn3)ccc2F)[C@@]2(CCN(CC3CC3)C2)S1(=O)=O. The van der Waals surface area contributed by atoms with Crippen LogP contribution in [-0.2, 0) is 15.6 Å². The van der Waals surface area contributed by atoms with Gasteiger partial charge in [0.1, 0.15) is 22.1 Å². The number of rotatable bonds is 5. The van der Waals surface area contributed by atoms with Crippen LogP contribution in [0.15, 0.2) is 36.5 Å². The molecule has 36 heavy (non-hydrogen) atoms. The Hall–Kier alpha value is -3.12. The van der Waals surface area contributed by atoms with Gasteiger partial charge in [0.15, 0.2) is 0 Å². The summed E-state index contributed by atoms with van der Waals surface area (Å²) in [5.74, 6) is -1.67. The van der Waals surface area contributed by atoms with Crippen molar-refractivity contribution in [2.24, 2.45) is 5.92 Å². The van der Waals surface area contributed by atoms with Crippen molar-refractivity contribution >= 4 is 27.6 Å². The second-order valence-corrected chi connectivity index (χ2v) is 12.3. The Bertz CT molecular complexity index is 1330. The first kappa shape index (κ1) is 24.6. The lowest BCUT2D eigenvalue weighted by molar-refractivity contribution is 0.102. The van der Waals surface area contributed by atoms with Crippen LogP contribution in [0, 0.1) is 23.0 Å². The molecule has 3 heterocycles. The summed E-state index contributed by atoms with van der Waals surface area (Å²) < 4.78 is 55.8. The Morgan fingerprint density at radius 1 is 1.28 bits per heavy atom. The molecular weight excluding hydrogens is 490 g/mol. The monoisotopic (exact) mass is 518 g/mol. The number of benzene rings is 1. The number of carbonyl (C=O) groups excluding carboxylic acids is 1. The first-order valence-corrected chi connectivity index (χ1v) is 13.2.